The molecule has 3 nitrogen and oxygen atoms in total. The highest BCUT2D eigenvalue weighted by Crippen LogP contribution is 2.67. The summed E-state index contributed by atoms with van der Waals surface area (Å²) in [6.45, 7) is 0. The third-order valence-electron chi connectivity index (χ3n) is 13.6. The van der Waals surface area contributed by atoms with E-state index < -0.39 is 10.8 Å². The molecule has 0 amide bonds. The molecule has 10 aromatic rings. The molecule has 288 valence electrons. The topological polar surface area (TPSA) is 38.7 Å². The van der Waals surface area contributed by atoms with E-state index in [9.17, 15) is 0 Å². The monoisotopic (exact) mass is 787 g/mol. The quantitative estimate of drug-likeness (QED) is 0.178. The van der Waals surface area contributed by atoms with E-state index in [0.29, 0.717) is 17.5 Å². The average Bonchev–Trinajstić information content (AvgIpc) is 3.82. The van der Waals surface area contributed by atoms with Crippen LogP contribution in [0.2, 0.25) is 0 Å². The van der Waals surface area contributed by atoms with Crippen molar-refractivity contribution >= 4 is 0 Å². The van der Waals surface area contributed by atoms with Gasteiger partial charge in [-0.15, -0.1) is 0 Å². The smallest absolute Gasteiger partial charge is 0.164 e. The van der Waals surface area contributed by atoms with E-state index in [4.69, 9.17) is 15.0 Å². The van der Waals surface area contributed by atoms with Crippen LogP contribution in [0.15, 0.2) is 224 Å². The second-order valence-electron chi connectivity index (χ2n) is 16.6. The largest absolute Gasteiger partial charge is 0.208 e. The van der Waals surface area contributed by atoms with Crippen molar-refractivity contribution in [2.75, 3.05) is 0 Å². The van der Waals surface area contributed by atoms with E-state index in [0.717, 1.165) is 22.3 Å². The fraction of sp³-hybridized carbons (Fsp3) is 0.0339. The summed E-state index contributed by atoms with van der Waals surface area (Å²) in [4.78, 5) is 14.9. The van der Waals surface area contributed by atoms with Crippen molar-refractivity contribution in [1.29, 1.82) is 0 Å². The molecule has 3 heteroatoms. The molecule has 0 radical (unpaired) electrons. The minimum absolute atomic E-state index is 0.466. The summed E-state index contributed by atoms with van der Waals surface area (Å²) in [7, 11) is 0. The Hall–Kier alpha value is -8.01. The van der Waals surface area contributed by atoms with Gasteiger partial charge in [0.2, 0.25) is 0 Å². The van der Waals surface area contributed by atoms with Gasteiger partial charge in [0.15, 0.2) is 17.5 Å². The van der Waals surface area contributed by atoms with E-state index >= 15 is 0 Å². The van der Waals surface area contributed by atoms with Gasteiger partial charge in [-0.3, -0.25) is 0 Å². The van der Waals surface area contributed by atoms with E-state index in [1.807, 2.05) is 60.7 Å². The molecule has 62 heavy (non-hydrogen) atoms. The van der Waals surface area contributed by atoms with Gasteiger partial charge in [-0.1, -0.05) is 218 Å². The average molecular weight is 788 g/mol. The van der Waals surface area contributed by atoms with E-state index in [1.54, 1.807) is 0 Å². The van der Waals surface area contributed by atoms with Crippen molar-refractivity contribution in [1.82, 2.24) is 15.0 Å². The van der Waals surface area contributed by atoms with E-state index in [-0.39, 0.29) is 0 Å². The van der Waals surface area contributed by atoms with Crippen LogP contribution in [0.1, 0.15) is 44.5 Å². The summed E-state index contributed by atoms with van der Waals surface area (Å²) in [5, 5.41) is 0. The highest BCUT2D eigenvalue weighted by atomic mass is 15.0. The van der Waals surface area contributed by atoms with Gasteiger partial charge in [-0.2, -0.15) is 0 Å². The molecule has 2 spiro atoms. The molecule has 3 aliphatic carbocycles. The third kappa shape index (κ3) is 4.68. The Balaban J connectivity index is 1.00. The lowest BCUT2D eigenvalue weighted by Crippen LogP contribution is -2.43. The first-order valence-electron chi connectivity index (χ1n) is 21.4. The molecule has 1 heterocycles. The third-order valence-corrected chi connectivity index (χ3v) is 13.6. The van der Waals surface area contributed by atoms with Gasteiger partial charge >= 0.3 is 0 Å². The van der Waals surface area contributed by atoms with Crippen molar-refractivity contribution in [3.63, 3.8) is 0 Å². The Morgan fingerprint density at radius 1 is 0.210 bits per heavy atom. The molecular formula is C59H37N3. The molecule has 0 N–H and O–H groups in total. The van der Waals surface area contributed by atoms with Gasteiger partial charge in [-0.05, 0) is 84.0 Å². The summed E-state index contributed by atoms with van der Waals surface area (Å²) < 4.78 is 0. The maximum atomic E-state index is 5.01. The van der Waals surface area contributed by atoms with Crippen LogP contribution in [0.25, 0.3) is 67.5 Å². The predicted molar refractivity (Wildman–Crippen MR) is 250 cm³/mol. The lowest BCUT2D eigenvalue weighted by molar-refractivity contribution is 0.633. The van der Waals surface area contributed by atoms with Gasteiger partial charge < -0.3 is 0 Å². The fourth-order valence-corrected chi connectivity index (χ4v) is 11.2. The van der Waals surface area contributed by atoms with Crippen molar-refractivity contribution < 1.29 is 0 Å². The first kappa shape index (κ1) is 34.8. The molecule has 0 atom stereocenters. The standard InChI is InChI=1S/C59H37N3/c1-3-17-39(18-4-1)55-60-56(40-19-5-2-6-20-40)62-57(61-55)41-33-31-38(32-34-41)42-35-36-46-45-23-9-12-26-49(45)59(54(46)37-42)52-29-15-13-27-50(52)58(51-28-14-16-30-53(51)59)47-24-10-7-21-43(47)44-22-8-11-25-48(44)58/h1-37H. The zero-order chi connectivity index (χ0) is 40.8. The number of fused-ring (bicyclic) bond motifs is 16. The van der Waals surface area contributed by atoms with Gasteiger partial charge in [-0.25, -0.2) is 15.0 Å². The highest BCUT2D eigenvalue weighted by molar-refractivity contribution is 5.94. The second-order valence-corrected chi connectivity index (χ2v) is 16.6. The summed E-state index contributed by atoms with van der Waals surface area (Å²) in [6.07, 6.45) is 0. The normalized spacial score (nSPS) is 14.1. The number of rotatable bonds is 4. The molecule has 9 aromatic carbocycles. The Labute approximate surface area is 360 Å². The molecule has 0 bridgehead atoms. The van der Waals surface area contributed by atoms with Crippen LogP contribution in [-0.4, -0.2) is 15.0 Å². The highest BCUT2D eigenvalue weighted by Gasteiger charge is 2.58. The Morgan fingerprint density at radius 3 is 0.919 bits per heavy atom. The summed E-state index contributed by atoms with van der Waals surface area (Å²) in [6, 6.07) is 81.9. The van der Waals surface area contributed by atoms with Crippen LogP contribution >= 0.6 is 0 Å². The van der Waals surface area contributed by atoms with Crippen LogP contribution in [-0.2, 0) is 10.8 Å². The number of hydrogen-bond acceptors (Lipinski definition) is 3. The zero-order valence-electron chi connectivity index (χ0n) is 33.7. The predicted octanol–water partition coefficient (Wildman–Crippen LogP) is 13.6. The minimum atomic E-state index is -0.542. The van der Waals surface area contributed by atoms with Crippen LogP contribution in [0.3, 0.4) is 0 Å². The molecule has 3 aliphatic rings. The van der Waals surface area contributed by atoms with Gasteiger partial charge in [0, 0.05) is 16.7 Å². The summed E-state index contributed by atoms with van der Waals surface area (Å²) in [5.41, 5.74) is 20.0. The lowest BCUT2D eigenvalue weighted by atomic mass is 9.52. The van der Waals surface area contributed by atoms with Crippen LogP contribution in [0.4, 0.5) is 0 Å². The van der Waals surface area contributed by atoms with Crippen LogP contribution in [0, 0.1) is 0 Å². The molecule has 0 saturated heterocycles. The van der Waals surface area contributed by atoms with Crippen molar-refractivity contribution in [2.24, 2.45) is 0 Å². The van der Waals surface area contributed by atoms with E-state index in [1.165, 1.54) is 72.3 Å². The van der Waals surface area contributed by atoms with Crippen LogP contribution in [0.5, 0.6) is 0 Å². The first-order chi connectivity index (χ1) is 30.7. The van der Waals surface area contributed by atoms with Gasteiger partial charge in [0.25, 0.3) is 0 Å². The zero-order valence-corrected chi connectivity index (χ0v) is 33.7. The second kappa shape index (κ2) is 13.2. The fourth-order valence-electron chi connectivity index (χ4n) is 11.2. The molecule has 0 unspecified atom stereocenters. The van der Waals surface area contributed by atoms with Crippen LogP contribution < -0.4 is 0 Å². The Bertz CT molecular complexity index is 3250. The molecular weight excluding hydrogens is 751 g/mol. The van der Waals surface area contributed by atoms with E-state index in [2.05, 4.69) is 164 Å². The molecule has 0 aliphatic heterocycles. The Kier molecular flexibility index (Phi) is 7.44. The maximum absolute atomic E-state index is 5.01. The summed E-state index contributed by atoms with van der Waals surface area (Å²) in [5.74, 6) is 1.95. The number of aromatic nitrogens is 3. The first-order valence-corrected chi connectivity index (χ1v) is 21.4. The van der Waals surface area contributed by atoms with Gasteiger partial charge in [0.05, 0.1) is 10.8 Å². The van der Waals surface area contributed by atoms with Crippen molar-refractivity contribution in [3.05, 3.63) is 269 Å². The van der Waals surface area contributed by atoms with Crippen molar-refractivity contribution in [2.45, 2.75) is 10.8 Å². The number of hydrogen-bond donors (Lipinski definition) is 0. The molecule has 0 fully saturated rings. The maximum Gasteiger partial charge on any atom is 0.164 e. The van der Waals surface area contributed by atoms with Gasteiger partial charge in [0.1, 0.15) is 0 Å². The SMILES string of the molecule is c1ccc(-c2nc(-c3ccccc3)nc(-c3ccc(-c4ccc5c(c4)C4(c6ccccc6-5)c5ccccc5C5(c6ccccc6-c6ccccc65)c5ccccc54)cc3)n2)cc1. The molecule has 0 saturated carbocycles. The lowest BCUT2D eigenvalue weighted by Gasteiger charge is -2.48. The number of benzene rings is 9. The molecule has 1 aromatic heterocycles. The Morgan fingerprint density at radius 2 is 0.500 bits per heavy atom. The number of nitrogens with zero attached hydrogens (tertiary/aromatic N) is 3. The minimum Gasteiger partial charge on any atom is -0.208 e. The van der Waals surface area contributed by atoms with Crippen molar-refractivity contribution in [3.8, 4) is 67.5 Å². The summed E-state index contributed by atoms with van der Waals surface area (Å²) >= 11 is 0. The molecule has 13 rings (SSSR count).